The van der Waals surface area contributed by atoms with Crippen LogP contribution in [0.2, 0.25) is 0 Å². The van der Waals surface area contributed by atoms with Crippen molar-refractivity contribution in [3.8, 4) is 11.1 Å². The van der Waals surface area contributed by atoms with E-state index in [4.69, 9.17) is 0 Å². The first-order valence-electron chi connectivity index (χ1n) is 6.66. The molecular formula is C15H16N4O. The number of pyridine rings is 2. The van der Waals surface area contributed by atoms with Gasteiger partial charge in [-0.15, -0.1) is 0 Å². The van der Waals surface area contributed by atoms with Crippen molar-refractivity contribution < 1.29 is 0 Å². The van der Waals surface area contributed by atoms with Crippen molar-refractivity contribution in [2.75, 3.05) is 0 Å². The number of nitrogens with one attached hydrogen (secondary N) is 2. The number of H-pyrrole nitrogens is 2. The number of rotatable bonds is 3. The summed E-state index contributed by atoms with van der Waals surface area (Å²) >= 11 is 0. The van der Waals surface area contributed by atoms with E-state index in [0.717, 1.165) is 28.8 Å². The molecule has 0 atom stereocenters. The molecule has 3 aromatic rings. The average molecular weight is 268 g/mol. The van der Waals surface area contributed by atoms with Crippen molar-refractivity contribution in [2.24, 2.45) is 5.92 Å². The fourth-order valence-electron chi connectivity index (χ4n) is 2.33. The molecule has 20 heavy (non-hydrogen) atoms. The highest BCUT2D eigenvalue weighted by atomic mass is 16.1. The van der Waals surface area contributed by atoms with E-state index in [1.165, 1.54) is 0 Å². The number of aromatic nitrogens is 4. The van der Waals surface area contributed by atoms with Gasteiger partial charge >= 0.3 is 5.69 Å². The Kier molecular flexibility index (Phi) is 3.10. The molecule has 0 fully saturated rings. The lowest BCUT2D eigenvalue weighted by atomic mass is 9.98. The molecule has 0 saturated heterocycles. The van der Waals surface area contributed by atoms with E-state index < -0.39 is 0 Å². The van der Waals surface area contributed by atoms with E-state index in [2.05, 4.69) is 33.8 Å². The largest absolute Gasteiger partial charge is 0.325 e. The summed E-state index contributed by atoms with van der Waals surface area (Å²) in [5.41, 5.74) is 4.22. The van der Waals surface area contributed by atoms with Crippen LogP contribution in [0.25, 0.3) is 22.3 Å². The number of imidazole rings is 1. The molecule has 0 bridgehead atoms. The predicted octanol–water partition coefficient (Wildman–Crippen LogP) is 2.51. The Hall–Kier alpha value is -2.43. The maximum absolute atomic E-state index is 11.4. The minimum Gasteiger partial charge on any atom is -0.304 e. The van der Waals surface area contributed by atoms with Crippen LogP contribution < -0.4 is 5.69 Å². The average Bonchev–Trinajstić information content (AvgIpc) is 2.77. The monoisotopic (exact) mass is 268 g/mol. The molecule has 0 unspecified atom stereocenters. The van der Waals surface area contributed by atoms with Gasteiger partial charge in [0.2, 0.25) is 0 Å². The molecule has 3 rings (SSSR count). The van der Waals surface area contributed by atoms with Crippen LogP contribution in [0.1, 0.15) is 19.5 Å². The molecule has 102 valence electrons. The van der Waals surface area contributed by atoms with Crippen LogP contribution in [0.5, 0.6) is 0 Å². The fourth-order valence-corrected chi connectivity index (χ4v) is 2.33. The first-order valence-corrected chi connectivity index (χ1v) is 6.66. The smallest absolute Gasteiger partial charge is 0.304 e. The Morgan fingerprint density at radius 3 is 2.65 bits per heavy atom. The lowest BCUT2D eigenvalue weighted by Crippen LogP contribution is -2.01. The maximum atomic E-state index is 11.4. The SMILES string of the molecule is CC(C)Cc1nc2[nH]c(=O)[nH]c2cc1-c1ccncc1. The van der Waals surface area contributed by atoms with Gasteiger partial charge < -0.3 is 4.98 Å². The minimum absolute atomic E-state index is 0.227. The number of hydrogen-bond donors (Lipinski definition) is 2. The van der Waals surface area contributed by atoms with Crippen molar-refractivity contribution in [2.45, 2.75) is 20.3 Å². The normalized spacial score (nSPS) is 11.3. The van der Waals surface area contributed by atoms with Crippen LogP contribution in [-0.4, -0.2) is 19.9 Å². The highest BCUT2D eigenvalue weighted by Gasteiger charge is 2.12. The lowest BCUT2D eigenvalue weighted by Gasteiger charge is -2.11. The lowest BCUT2D eigenvalue weighted by molar-refractivity contribution is 0.638. The molecule has 0 aromatic carbocycles. The van der Waals surface area contributed by atoms with E-state index >= 15 is 0 Å². The van der Waals surface area contributed by atoms with E-state index in [0.29, 0.717) is 11.6 Å². The summed E-state index contributed by atoms with van der Waals surface area (Å²) in [5, 5.41) is 0. The highest BCUT2D eigenvalue weighted by molar-refractivity contribution is 5.79. The van der Waals surface area contributed by atoms with Crippen molar-refractivity contribution in [1.82, 2.24) is 19.9 Å². The van der Waals surface area contributed by atoms with Crippen LogP contribution in [-0.2, 0) is 6.42 Å². The van der Waals surface area contributed by atoms with Crippen LogP contribution in [0, 0.1) is 5.92 Å². The van der Waals surface area contributed by atoms with Gasteiger partial charge in [-0.05, 0) is 36.1 Å². The summed E-state index contributed by atoms with van der Waals surface area (Å²) in [6.45, 7) is 4.31. The van der Waals surface area contributed by atoms with Gasteiger partial charge in [0.1, 0.15) is 0 Å². The fraction of sp³-hybridized carbons (Fsp3) is 0.267. The van der Waals surface area contributed by atoms with E-state index in [1.807, 2.05) is 18.2 Å². The van der Waals surface area contributed by atoms with Crippen molar-refractivity contribution in [3.63, 3.8) is 0 Å². The van der Waals surface area contributed by atoms with E-state index in [-0.39, 0.29) is 5.69 Å². The molecule has 0 aliphatic rings. The van der Waals surface area contributed by atoms with E-state index in [1.54, 1.807) is 12.4 Å². The predicted molar refractivity (Wildman–Crippen MR) is 78.5 cm³/mol. The summed E-state index contributed by atoms with van der Waals surface area (Å²) in [5.74, 6) is 0.492. The topological polar surface area (TPSA) is 74.4 Å². The van der Waals surface area contributed by atoms with Gasteiger partial charge in [-0.25, -0.2) is 9.78 Å². The van der Waals surface area contributed by atoms with Gasteiger partial charge in [0.05, 0.1) is 11.2 Å². The number of aromatic amines is 2. The van der Waals surface area contributed by atoms with Crippen molar-refractivity contribution in [1.29, 1.82) is 0 Å². The number of fused-ring (bicyclic) bond motifs is 1. The number of nitrogens with zero attached hydrogens (tertiary/aromatic N) is 2. The van der Waals surface area contributed by atoms with Gasteiger partial charge in [0.15, 0.2) is 5.65 Å². The molecule has 5 nitrogen and oxygen atoms in total. The van der Waals surface area contributed by atoms with Crippen molar-refractivity contribution in [3.05, 3.63) is 46.8 Å². The Labute approximate surface area is 116 Å². The molecule has 0 aliphatic carbocycles. The zero-order valence-corrected chi connectivity index (χ0v) is 11.5. The molecule has 0 aliphatic heterocycles. The minimum atomic E-state index is -0.227. The zero-order chi connectivity index (χ0) is 14.1. The summed E-state index contributed by atoms with van der Waals surface area (Å²) < 4.78 is 0. The van der Waals surface area contributed by atoms with Crippen LogP contribution in [0.3, 0.4) is 0 Å². The second-order valence-electron chi connectivity index (χ2n) is 5.29. The quantitative estimate of drug-likeness (QED) is 0.766. The molecule has 2 N–H and O–H groups in total. The van der Waals surface area contributed by atoms with E-state index in [9.17, 15) is 4.79 Å². The molecule has 0 saturated carbocycles. The number of hydrogen-bond acceptors (Lipinski definition) is 3. The first kappa shape index (κ1) is 12.6. The van der Waals surface area contributed by atoms with Gasteiger partial charge in [-0.1, -0.05) is 13.8 Å². The Morgan fingerprint density at radius 2 is 1.95 bits per heavy atom. The first-order chi connectivity index (χ1) is 9.63. The van der Waals surface area contributed by atoms with Crippen molar-refractivity contribution >= 4 is 11.2 Å². The van der Waals surface area contributed by atoms with Crippen LogP contribution >= 0.6 is 0 Å². The summed E-state index contributed by atoms with van der Waals surface area (Å²) in [7, 11) is 0. The maximum Gasteiger partial charge on any atom is 0.325 e. The summed E-state index contributed by atoms with van der Waals surface area (Å²) in [6, 6.07) is 5.89. The van der Waals surface area contributed by atoms with Gasteiger partial charge in [-0.3, -0.25) is 9.97 Å². The Balaban J connectivity index is 2.23. The molecule has 0 radical (unpaired) electrons. The van der Waals surface area contributed by atoms with Gasteiger partial charge in [-0.2, -0.15) is 0 Å². The molecular weight excluding hydrogens is 252 g/mol. The molecule has 5 heteroatoms. The summed E-state index contributed by atoms with van der Waals surface area (Å²) in [6.07, 6.45) is 4.39. The second-order valence-corrected chi connectivity index (χ2v) is 5.29. The van der Waals surface area contributed by atoms with Gasteiger partial charge in [0, 0.05) is 18.0 Å². The highest BCUT2D eigenvalue weighted by Crippen LogP contribution is 2.26. The Morgan fingerprint density at radius 1 is 1.20 bits per heavy atom. The van der Waals surface area contributed by atoms with Gasteiger partial charge in [0.25, 0.3) is 0 Å². The third-order valence-electron chi connectivity index (χ3n) is 3.17. The molecule has 0 amide bonds. The zero-order valence-electron chi connectivity index (χ0n) is 11.5. The third-order valence-corrected chi connectivity index (χ3v) is 3.17. The van der Waals surface area contributed by atoms with Crippen LogP contribution in [0.4, 0.5) is 0 Å². The molecule has 3 aromatic heterocycles. The standard InChI is InChI=1S/C15H16N4O/c1-9(2)7-12-11(10-3-5-16-6-4-10)8-13-14(17-12)19-15(20)18-13/h3-6,8-9H,7H2,1-2H3,(H2,17,18,19,20). The summed E-state index contributed by atoms with van der Waals surface area (Å²) in [4.78, 5) is 25.5. The molecule has 3 heterocycles. The Bertz CT molecular complexity index is 786. The third kappa shape index (κ3) is 2.34. The van der Waals surface area contributed by atoms with Crippen LogP contribution in [0.15, 0.2) is 35.4 Å². The molecule has 0 spiro atoms. The second kappa shape index (κ2) is 4.92.